The summed E-state index contributed by atoms with van der Waals surface area (Å²) in [4.78, 5) is 70.5. The van der Waals surface area contributed by atoms with Gasteiger partial charge in [-0.25, -0.2) is 9.59 Å². The molecule has 10 heteroatoms. The normalized spacial score (nSPS) is 19.8. The lowest BCUT2D eigenvalue weighted by atomic mass is 9.85. The van der Waals surface area contributed by atoms with Crippen molar-refractivity contribution in [2.45, 2.75) is 47.5 Å². The maximum Gasteiger partial charge on any atom is 0.332 e. The zero-order chi connectivity index (χ0) is 23.3. The Bertz CT molecular complexity index is 689. The van der Waals surface area contributed by atoms with Crippen molar-refractivity contribution in [3.8, 4) is 0 Å². The van der Waals surface area contributed by atoms with E-state index < -0.39 is 47.5 Å². The summed E-state index contributed by atoms with van der Waals surface area (Å²) in [6.07, 6.45) is 1.26. The van der Waals surface area contributed by atoms with Crippen molar-refractivity contribution in [1.29, 1.82) is 0 Å². The minimum Gasteiger partial charge on any atom is -0.277 e. The Balaban J connectivity index is 0.000000300. The number of amides is 8. The van der Waals surface area contributed by atoms with Crippen molar-refractivity contribution >= 4 is 35.7 Å². The van der Waals surface area contributed by atoms with Crippen LogP contribution in [0.3, 0.4) is 0 Å². The highest BCUT2D eigenvalue weighted by Crippen LogP contribution is 2.22. The summed E-state index contributed by atoms with van der Waals surface area (Å²) in [5.41, 5.74) is 0. The summed E-state index contributed by atoms with van der Waals surface area (Å²) in [6.45, 7) is 9.79. The van der Waals surface area contributed by atoms with Gasteiger partial charge in [0.25, 0.3) is 0 Å². The number of carbonyl (C=O) groups excluding carboxylic acids is 6. The summed E-state index contributed by atoms with van der Waals surface area (Å²) >= 11 is 0. The van der Waals surface area contributed by atoms with Gasteiger partial charge in [0.15, 0.2) is 0 Å². The second kappa shape index (κ2) is 10.3. The molecule has 2 fully saturated rings. The Morgan fingerprint density at radius 3 is 1.57 bits per heavy atom. The Hall–Kier alpha value is -2.78. The van der Waals surface area contributed by atoms with E-state index in [0.717, 1.165) is 16.2 Å². The van der Waals surface area contributed by atoms with Crippen LogP contribution in [-0.2, 0) is 19.2 Å². The highest BCUT2D eigenvalue weighted by atomic mass is 16.2. The van der Waals surface area contributed by atoms with Crippen LogP contribution in [0.15, 0.2) is 0 Å². The van der Waals surface area contributed by atoms with Crippen LogP contribution >= 0.6 is 0 Å². The molecule has 168 valence electrons. The van der Waals surface area contributed by atoms with E-state index in [1.807, 2.05) is 34.6 Å². The number of hydrogen-bond donors (Lipinski definition) is 2. The molecule has 2 heterocycles. The summed E-state index contributed by atoms with van der Waals surface area (Å²) in [7, 11) is 2.81. The molecule has 1 atom stereocenters. The van der Waals surface area contributed by atoms with Crippen LogP contribution in [-0.4, -0.2) is 59.6 Å². The molecule has 2 saturated heterocycles. The molecule has 0 radical (unpaired) electrons. The maximum atomic E-state index is 11.7. The highest BCUT2D eigenvalue weighted by molar-refractivity contribution is 6.16. The zero-order valence-electron chi connectivity index (χ0n) is 18.6. The molecule has 2 aliphatic heterocycles. The number of nitrogens with zero attached hydrogens (tertiary/aromatic N) is 2. The van der Waals surface area contributed by atoms with Gasteiger partial charge in [-0.05, 0) is 30.6 Å². The van der Waals surface area contributed by atoms with Gasteiger partial charge in [0.2, 0.25) is 23.6 Å². The predicted octanol–water partition coefficient (Wildman–Crippen LogP) is 1.35. The van der Waals surface area contributed by atoms with Crippen molar-refractivity contribution in [2.24, 2.45) is 29.6 Å². The van der Waals surface area contributed by atoms with Gasteiger partial charge in [-0.2, -0.15) is 0 Å². The maximum absolute atomic E-state index is 11.7. The molecule has 0 aromatic heterocycles. The fourth-order valence-electron chi connectivity index (χ4n) is 3.59. The highest BCUT2D eigenvalue weighted by Gasteiger charge is 2.42. The molecule has 0 aromatic carbocycles. The molecule has 2 aliphatic rings. The number of urea groups is 2. The van der Waals surface area contributed by atoms with E-state index in [1.54, 1.807) is 0 Å². The first-order valence-corrected chi connectivity index (χ1v) is 10.0. The van der Waals surface area contributed by atoms with E-state index in [0.29, 0.717) is 12.3 Å². The predicted molar refractivity (Wildman–Crippen MR) is 108 cm³/mol. The van der Waals surface area contributed by atoms with Crippen molar-refractivity contribution in [3.63, 3.8) is 0 Å². The molecule has 0 spiro atoms. The van der Waals surface area contributed by atoms with Gasteiger partial charge < -0.3 is 0 Å². The number of barbiturate groups is 2. The van der Waals surface area contributed by atoms with Gasteiger partial charge in [-0.1, -0.05) is 34.6 Å². The molecule has 0 bridgehead atoms. The van der Waals surface area contributed by atoms with Gasteiger partial charge in [-0.15, -0.1) is 0 Å². The van der Waals surface area contributed by atoms with Gasteiger partial charge >= 0.3 is 12.1 Å². The van der Waals surface area contributed by atoms with Crippen LogP contribution in [0.4, 0.5) is 9.59 Å². The van der Waals surface area contributed by atoms with E-state index in [2.05, 4.69) is 10.6 Å². The first kappa shape index (κ1) is 25.3. The number of nitrogens with one attached hydrogen (secondary N) is 2. The first-order valence-electron chi connectivity index (χ1n) is 10.0. The second-order valence-corrected chi connectivity index (χ2v) is 8.65. The number of hydrogen-bond acceptors (Lipinski definition) is 6. The van der Waals surface area contributed by atoms with E-state index in [-0.39, 0.29) is 11.8 Å². The minimum absolute atomic E-state index is 0.0573. The quantitative estimate of drug-likeness (QED) is 0.640. The lowest BCUT2D eigenvalue weighted by Gasteiger charge is -2.33. The molecule has 0 aliphatic carbocycles. The third-order valence-corrected chi connectivity index (χ3v) is 4.99. The molecular formula is C20H32N4O6. The average Bonchev–Trinajstić information content (AvgIpc) is 2.61. The topological polar surface area (TPSA) is 133 Å². The zero-order valence-corrected chi connectivity index (χ0v) is 18.6. The van der Waals surface area contributed by atoms with E-state index >= 15 is 0 Å². The van der Waals surface area contributed by atoms with Crippen LogP contribution in [0.2, 0.25) is 0 Å². The molecule has 30 heavy (non-hydrogen) atoms. The van der Waals surface area contributed by atoms with Gasteiger partial charge in [-0.3, -0.25) is 39.6 Å². The van der Waals surface area contributed by atoms with Gasteiger partial charge in [0.05, 0.1) is 0 Å². The molecule has 0 aromatic rings. The van der Waals surface area contributed by atoms with Gasteiger partial charge in [0, 0.05) is 14.1 Å². The van der Waals surface area contributed by atoms with E-state index in [4.69, 9.17) is 0 Å². The number of carbonyl (C=O) groups is 6. The van der Waals surface area contributed by atoms with Crippen LogP contribution in [0.5, 0.6) is 0 Å². The van der Waals surface area contributed by atoms with Crippen LogP contribution in [0, 0.1) is 29.6 Å². The number of imide groups is 4. The van der Waals surface area contributed by atoms with Crippen molar-refractivity contribution < 1.29 is 28.8 Å². The molecule has 0 saturated carbocycles. The summed E-state index contributed by atoms with van der Waals surface area (Å²) in [6, 6.07) is -1.27. The average molecular weight is 424 g/mol. The SMILES string of the molecule is CC(C)CC(C)C1C(=O)NC(=O)NC1=O.CC(C)CC1C(=O)N(C)C(=O)N(C)C1=O. The largest absolute Gasteiger partial charge is 0.332 e. The fraction of sp³-hybridized carbons (Fsp3) is 0.700. The van der Waals surface area contributed by atoms with E-state index in [1.165, 1.54) is 14.1 Å². The molecule has 10 nitrogen and oxygen atoms in total. The van der Waals surface area contributed by atoms with Crippen LogP contribution in [0.25, 0.3) is 0 Å². The van der Waals surface area contributed by atoms with E-state index in [9.17, 15) is 28.8 Å². The van der Waals surface area contributed by atoms with Crippen LogP contribution < -0.4 is 10.6 Å². The molecule has 2 rings (SSSR count). The Kier molecular flexibility index (Phi) is 8.68. The Morgan fingerprint density at radius 1 is 0.767 bits per heavy atom. The Morgan fingerprint density at radius 2 is 1.20 bits per heavy atom. The van der Waals surface area contributed by atoms with Crippen LogP contribution in [0.1, 0.15) is 47.5 Å². The molecular weight excluding hydrogens is 392 g/mol. The smallest absolute Gasteiger partial charge is 0.277 e. The standard InChI is InChI=1S/2C10H16N2O3/c1-6(2)5-7-8(13)11(3)10(15)12(4)9(7)14;1-5(2)4-6(3)7-8(13)11-10(15)12-9(7)14/h6-7H,5H2,1-4H3;5-7H,4H2,1-3H3,(H2,11,12,13,14,15). The lowest BCUT2D eigenvalue weighted by Crippen LogP contribution is -2.57. The van der Waals surface area contributed by atoms with Gasteiger partial charge in [0.1, 0.15) is 11.8 Å². The molecule has 1 unspecified atom stereocenters. The summed E-state index contributed by atoms with van der Waals surface area (Å²) in [5.74, 6) is -2.60. The van der Waals surface area contributed by atoms with Crippen molar-refractivity contribution in [1.82, 2.24) is 20.4 Å². The molecule has 2 N–H and O–H groups in total. The first-order chi connectivity index (χ1) is 13.8. The molecule has 8 amide bonds. The minimum atomic E-state index is -0.745. The fourth-order valence-corrected chi connectivity index (χ4v) is 3.59. The lowest BCUT2D eigenvalue weighted by molar-refractivity contribution is -0.148. The third kappa shape index (κ3) is 6.11. The Labute approximate surface area is 176 Å². The second-order valence-electron chi connectivity index (χ2n) is 8.65. The van der Waals surface area contributed by atoms with Crippen molar-refractivity contribution in [3.05, 3.63) is 0 Å². The summed E-state index contributed by atoms with van der Waals surface area (Å²) in [5, 5.41) is 4.21. The number of rotatable bonds is 5. The van der Waals surface area contributed by atoms with Crippen molar-refractivity contribution in [2.75, 3.05) is 14.1 Å². The summed E-state index contributed by atoms with van der Waals surface area (Å²) < 4.78 is 0. The monoisotopic (exact) mass is 424 g/mol. The third-order valence-electron chi connectivity index (χ3n) is 4.99.